The van der Waals surface area contributed by atoms with Gasteiger partial charge in [0.25, 0.3) is 0 Å². The van der Waals surface area contributed by atoms with Crippen molar-refractivity contribution >= 4 is 10.9 Å². The molecule has 0 saturated heterocycles. The Morgan fingerprint density at radius 2 is 2.06 bits per heavy atom. The van der Waals surface area contributed by atoms with Crippen molar-refractivity contribution in [3.63, 3.8) is 0 Å². The minimum Gasteiger partial charge on any atom is -0.387 e. The standard InChI is InChI=1S/C15H19NO2/c1-3-18-11-15(2,17)10-12-8-9-16-14-7-5-4-6-13(12)14/h4-9,17H,3,10-11H2,1-2H3. The van der Waals surface area contributed by atoms with Crippen LogP contribution < -0.4 is 0 Å². The molecule has 1 N–H and O–H groups in total. The van der Waals surface area contributed by atoms with Crippen molar-refractivity contribution in [3.05, 3.63) is 42.1 Å². The van der Waals surface area contributed by atoms with E-state index in [2.05, 4.69) is 4.98 Å². The van der Waals surface area contributed by atoms with Gasteiger partial charge in [-0.3, -0.25) is 4.98 Å². The predicted molar refractivity (Wildman–Crippen MR) is 72.6 cm³/mol. The first-order valence-corrected chi connectivity index (χ1v) is 6.25. The maximum Gasteiger partial charge on any atom is 0.0892 e. The van der Waals surface area contributed by atoms with Crippen LogP contribution in [-0.2, 0) is 11.2 Å². The number of ether oxygens (including phenoxy) is 1. The highest BCUT2D eigenvalue weighted by Crippen LogP contribution is 2.21. The molecular weight excluding hydrogens is 226 g/mol. The Bertz CT molecular complexity index is 517. The molecule has 3 nitrogen and oxygen atoms in total. The molecule has 1 aromatic heterocycles. The highest BCUT2D eigenvalue weighted by atomic mass is 16.5. The highest BCUT2D eigenvalue weighted by molar-refractivity contribution is 5.81. The largest absolute Gasteiger partial charge is 0.387 e. The van der Waals surface area contributed by atoms with E-state index in [9.17, 15) is 5.11 Å². The van der Waals surface area contributed by atoms with Crippen LogP contribution in [0.25, 0.3) is 10.9 Å². The lowest BCUT2D eigenvalue weighted by Gasteiger charge is -2.23. The van der Waals surface area contributed by atoms with E-state index in [0.29, 0.717) is 19.6 Å². The van der Waals surface area contributed by atoms with Gasteiger partial charge in [0.05, 0.1) is 17.7 Å². The third kappa shape index (κ3) is 3.06. The van der Waals surface area contributed by atoms with E-state index in [0.717, 1.165) is 16.5 Å². The summed E-state index contributed by atoms with van der Waals surface area (Å²) in [5, 5.41) is 11.4. The van der Waals surface area contributed by atoms with E-state index < -0.39 is 5.60 Å². The number of fused-ring (bicyclic) bond motifs is 1. The molecule has 3 heteroatoms. The average Bonchev–Trinajstić information content (AvgIpc) is 2.37. The van der Waals surface area contributed by atoms with Crippen LogP contribution in [-0.4, -0.2) is 28.9 Å². The van der Waals surface area contributed by atoms with Gasteiger partial charge in [0.1, 0.15) is 0 Å². The third-order valence-electron chi connectivity index (χ3n) is 2.93. The quantitative estimate of drug-likeness (QED) is 0.880. The summed E-state index contributed by atoms with van der Waals surface area (Å²) >= 11 is 0. The summed E-state index contributed by atoms with van der Waals surface area (Å²) in [5.74, 6) is 0. The van der Waals surface area contributed by atoms with E-state index in [1.807, 2.05) is 37.3 Å². The number of benzene rings is 1. The van der Waals surface area contributed by atoms with E-state index >= 15 is 0 Å². The number of para-hydroxylation sites is 1. The normalized spacial score (nSPS) is 14.6. The van der Waals surface area contributed by atoms with Gasteiger partial charge in [-0.1, -0.05) is 18.2 Å². The molecule has 0 fully saturated rings. The number of aliphatic hydroxyl groups is 1. The van der Waals surface area contributed by atoms with Crippen LogP contribution in [0.15, 0.2) is 36.5 Å². The molecule has 0 aliphatic heterocycles. The lowest BCUT2D eigenvalue weighted by molar-refractivity contribution is -0.0294. The van der Waals surface area contributed by atoms with Crippen LogP contribution >= 0.6 is 0 Å². The minimum atomic E-state index is -0.847. The van der Waals surface area contributed by atoms with Crippen molar-refractivity contribution < 1.29 is 9.84 Å². The Balaban J connectivity index is 2.26. The molecule has 0 aliphatic carbocycles. The van der Waals surface area contributed by atoms with Crippen molar-refractivity contribution in [2.75, 3.05) is 13.2 Å². The molecule has 0 saturated carbocycles. The molecule has 0 amide bonds. The second-order valence-corrected chi connectivity index (χ2v) is 4.80. The molecule has 96 valence electrons. The van der Waals surface area contributed by atoms with Gasteiger partial charge in [-0.25, -0.2) is 0 Å². The first-order chi connectivity index (χ1) is 8.62. The second kappa shape index (κ2) is 5.46. The van der Waals surface area contributed by atoms with Gasteiger partial charge in [0, 0.05) is 24.6 Å². The van der Waals surface area contributed by atoms with E-state index in [4.69, 9.17) is 4.74 Å². The van der Waals surface area contributed by atoms with Gasteiger partial charge >= 0.3 is 0 Å². The Labute approximate surface area is 107 Å². The number of rotatable bonds is 5. The van der Waals surface area contributed by atoms with Gasteiger partial charge in [0.15, 0.2) is 0 Å². The molecule has 0 spiro atoms. The monoisotopic (exact) mass is 245 g/mol. The zero-order chi connectivity index (χ0) is 13.0. The molecule has 0 aliphatic rings. The Morgan fingerprint density at radius 1 is 1.28 bits per heavy atom. The second-order valence-electron chi connectivity index (χ2n) is 4.80. The fourth-order valence-electron chi connectivity index (χ4n) is 2.09. The van der Waals surface area contributed by atoms with Crippen LogP contribution in [0.2, 0.25) is 0 Å². The molecule has 1 atom stereocenters. The van der Waals surface area contributed by atoms with Crippen molar-refractivity contribution in [2.24, 2.45) is 0 Å². The first-order valence-electron chi connectivity index (χ1n) is 6.25. The zero-order valence-electron chi connectivity index (χ0n) is 10.9. The Kier molecular flexibility index (Phi) is 3.94. The molecule has 1 heterocycles. The van der Waals surface area contributed by atoms with Crippen LogP contribution in [0.4, 0.5) is 0 Å². The molecule has 2 aromatic rings. The van der Waals surface area contributed by atoms with Gasteiger partial charge in [-0.05, 0) is 31.5 Å². The van der Waals surface area contributed by atoms with Crippen LogP contribution in [0.1, 0.15) is 19.4 Å². The summed E-state index contributed by atoms with van der Waals surface area (Å²) in [6.45, 7) is 4.70. The molecule has 2 rings (SSSR count). The number of hydrogen-bond acceptors (Lipinski definition) is 3. The molecule has 1 aromatic carbocycles. The van der Waals surface area contributed by atoms with Gasteiger partial charge in [0.2, 0.25) is 0 Å². The third-order valence-corrected chi connectivity index (χ3v) is 2.93. The maximum atomic E-state index is 10.3. The van der Waals surface area contributed by atoms with Crippen LogP contribution in [0.5, 0.6) is 0 Å². The highest BCUT2D eigenvalue weighted by Gasteiger charge is 2.22. The summed E-state index contributed by atoms with van der Waals surface area (Å²) in [7, 11) is 0. The Hall–Kier alpha value is -1.45. The van der Waals surface area contributed by atoms with E-state index in [1.165, 1.54) is 0 Å². The summed E-state index contributed by atoms with van der Waals surface area (Å²) in [6.07, 6.45) is 2.35. The SMILES string of the molecule is CCOCC(C)(O)Cc1ccnc2ccccc12. The minimum absolute atomic E-state index is 0.347. The smallest absolute Gasteiger partial charge is 0.0892 e. The lowest BCUT2D eigenvalue weighted by atomic mass is 9.95. The first kappa shape index (κ1) is 13.0. The van der Waals surface area contributed by atoms with Crippen molar-refractivity contribution in [2.45, 2.75) is 25.9 Å². The number of hydrogen-bond donors (Lipinski definition) is 1. The van der Waals surface area contributed by atoms with Crippen LogP contribution in [0.3, 0.4) is 0 Å². The summed E-state index contributed by atoms with van der Waals surface area (Å²) in [5.41, 5.74) is 1.22. The lowest BCUT2D eigenvalue weighted by Crippen LogP contribution is -2.33. The predicted octanol–water partition coefficient (Wildman–Crippen LogP) is 2.56. The fourth-order valence-corrected chi connectivity index (χ4v) is 2.09. The molecule has 18 heavy (non-hydrogen) atoms. The summed E-state index contributed by atoms with van der Waals surface area (Å²) < 4.78 is 5.32. The summed E-state index contributed by atoms with van der Waals surface area (Å²) in [4.78, 5) is 4.32. The summed E-state index contributed by atoms with van der Waals surface area (Å²) in [6, 6.07) is 9.94. The number of nitrogens with zero attached hydrogens (tertiary/aromatic N) is 1. The molecule has 1 unspecified atom stereocenters. The molecular formula is C15H19NO2. The van der Waals surface area contributed by atoms with Crippen LogP contribution in [0, 0.1) is 0 Å². The number of pyridine rings is 1. The van der Waals surface area contributed by atoms with Crippen molar-refractivity contribution in [1.82, 2.24) is 4.98 Å². The molecule has 0 radical (unpaired) electrons. The van der Waals surface area contributed by atoms with E-state index in [-0.39, 0.29) is 0 Å². The van der Waals surface area contributed by atoms with Gasteiger partial charge < -0.3 is 9.84 Å². The Morgan fingerprint density at radius 3 is 2.83 bits per heavy atom. The topological polar surface area (TPSA) is 42.4 Å². The van der Waals surface area contributed by atoms with E-state index in [1.54, 1.807) is 13.1 Å². The molecule has 0 bridgehead atoms. The zero-order valence-corrected chi connectivity index (χ0v) is 10.9. The maximum absolute atomic E-state index is 10.3. The van der Waals surface area contributed by atoms with Gasteiger partial charge in [-0.15, -0.1) is 0 Å². The number of aromatic nitrogens is 1. The van der Waals surface area contributed by atoms with Crippen molar-refractivity contribution in [3.8, 4) is 0 Å². The fraction of sp³-hybridized carbons (Fsp3) is 0.400. The average molecular weight is 245 g/mol. The van der Waals surface area contributed by atoms with Crippen molar-refractivity contribution in [1.29, 1.82) is 0 Å². The van der Waals surface area contributed by atoms with Gasteiger partial charge in [-0.2, -0.15) is 0 Å².